The van der Waals surface area contributed by atoms with Crippen molar-refractivity contribution in [2.24, 2.45) is 0 Å². The van der Waals surface area contributed by atoms with Crippen LogP contribution in [0.5, 0.6) is 11.5 Å². The molecule has 0 spiro atoms. The Kier molecular flexibility index (Phi) is 4.75. The monoisotopic (exact) mass is 394 g/mol. The summed E-state index contributed by atoms with van der Waals surface area (Å²) in [7, 11) is 3.29. The van der Waals surface area contributed by atoms with E-state index in [1.165, 1.54) is 2.88 Å². The molecule has 0 N–H and O–H groups in total. The molecule has 0 saturated heterocycles. The summed E-state index contributed by atoms with van der Waals surface area (Å²) in [5, 5.41) is 1.84. The highest BCUT2D eigenvalue weighted by atomic mass is 127. The Balaban J connectivity index is 2.41. The highest BCUT2D eigenvalue weighted by molar-refractivity contribution is 14.1. The third-order valence-electron chi connectivity index (χ3n) is 2.59. The standard InChI is InChI=1S/C13H12ClIO2S/c1-16-9-3-4-11(17-2)10(6-9)13(14)8-5-12(15)18-7-8/h3-7,13H,1-2H3. The van der Waals surface area contributed by atoms with Crippen LogP contribution in [0.1, 0.15) is 16.5 Å². The van der Waals surface area contributed by atoms with Gasteiger partial charge in [0, 0.05) is 5.56 Å². The molecule has 0 amide bonds. The maximum absolute atomic E-state index is 6.53. The number of hydrogen-bond donors (Lipinski definition) is 0. The van der Waals surface area contributed by atoms with Gasteiger partial charge in [0.05, 0.1) is 22.5 Å². The fourth-order valence-electron chi connectivity index (χ4n) is 1.67. The number of ether oxygens (including phenoxy) is 2. The van der Waals surface area contributed by atoms with Crippen LogP contribution in [-0.4, -0.2) is 14.2 Å². The molecule has 1 aromatic carbocycles. The number of methoxy groups -OCH3 is 2. The zero-order valence-electron chi connectivity index (χ0n) is 9.94. The summed E-state index contributed by atoms with van der Waals surface area (Å²) in [6.45, 7) is 0. The molecule has 0 radical (unpaired) electrons. The van der Waals surface area contributed by atoms with Gasteiger partial charge in [0.2, 0.25) is 0 Å². The molecule has 0 aliphatic rings. The number of rotatable bonds is 4. The smallest absolute Gasteiger partial charge is 0.124 e. The highest BCUT2D eigenvalue weighted by Crippen LogP contribution is 2.38. The molecule has 2 aromatic rings. The number of benzene rings is 1. The molecule has 2 nitrogen and oxygen atoms in total. The molecule has 0 aliphatic carbocycles. The Hall–Kier alpha value is -0.460. The fourth-order valence-corrected chi connectivity index (χ4v) is 3.44. The zero-order valence-corrected chi connectivity index (χ0v) is 13.7. The van der Waals surface area contributed by atoms with Gasteiger partial charge < -0.3 is 9.47 Å². The van der Waals surface area contributed by atoms with Gasteiger partial charge in [0.1, 0.15) is 11.5 Å². The summed E-state index contributed by atoms with van der Waals surface area (Å²) >= 11 is 10.5. The maximum atomic E-state index is 6.53. The topological polar surface area (TPSA) is 18.5 Å². The Labute approximate surface area is 129 Å². The molecular weight excluding hydrogens is 383 g/mol. The minimum Gasteiger partial charge on any atom is -0.497 e. The first-order valence-corrected chi connectivity index (χ1v) is 7.65. The van der Waals surface area contributed by atoms with Crippen LogP contribution in [-0.2, 0) is 0 Å². The lowest BCUT2D eigenvalue weighted by Gasteiger charge is -2.14. The SMILES string of the molecule is COc1ccc(OC)c(C(Cl)c2csc(I)c2)c1. The van der Waals surface area contributed by atoms with Gasteiger partial charge in [-0.2, -0.15) is 0 Å². The molecule has 1 aromatic heterocycles. The summed E-state index contributed by atoms with van der Waals surface area (Å²) < 4.78 is 11.8. The van der Waals surface area contributed by atoms with Crippen LogP contribution >= 0.6 is 45.5 Å². The van der Waals surface area contributed by atoms with Crippen molar-refractivity contribution in [2.45, 2.75) is 5.38 Å². The quantitative estimate of drug-likeness (QED) is 0.553. The zero-order chi connectivity index (χ0) is 13.1. The molecule has 1 atom stereocenters. The van der Waals surface area contributed by atoms with Gasteiger partial charge in [-0.05, 0) is 57.8 Å². The normalized spacial score (nSPS) is 12.2. The largest absolute Gasteiger partial charge is 0.497 e. The fraction of sp³-hybridized carbons (Fsp3) is 0.231. The minimum atomic E-state index is -0.227. The second kappa shape index (κ2) is 6.12. The number of alkyl halides is 1. The van der Waals surface area contributed by atoms with E-state index in [-0.39, 0.29) is 5.38 Å². The van der Waals surface area contributed by atoms with Gasteiger partial charge >= 0.3 is 0 Å². The van der Waals surface area contributed by atoms with E-state index in [1.54, 1.807) is 25.6 Å². The van der Waals surface area contributed by atoms with Gasteiger partial charge in [-0.25, -0.2) is 0 Å². The number of halogens is 2. The van der Waals surface area contributed by atoms with Crippen LogP contribution in [0.2, 0.25) is 0 Å². The van der Waals surface area contributed by atoms with Crippen LogP contribution < -0.4 is 9.47 Å². The van der Waals surface area contributed by atoms with E-state index in [4.69, 9.17) is 21.1 Å². The van der Waals surface area contributed by atoms with Crippen molar-refractivity contribution in [2.75, 3.05) is 14.2 Å². The molecule has 0 bridgehead atoms. The predicted molar refractivity (Wildman–Crippen MR) is 84.3 cm³/mol. The molecule has 96 valence electrons. The molecule has 0 saturated carbocycles. The summed E-state index contributed by atoms with van der Waals surface area (Å²) in [6, 6.07) is 7.74. The third kappa shape index (κ3) is 2.92. The molecule has 1 unspecified atom stereocenters. The number of thiophene rings is 1. The Morgan fingerprint density at radius 3 is 2.56 bits per heavy atom. The average molecular weight is 395 g/mol. The van der Waals surface area contributed by atoms with E-state index in [0.29, 0.717) is 0 Å². The molecule has 5 heteroatoms. The lowest BCUT2D eigenvalue weighted by atomic mass is 10.1. The van der Waals surface area contributed by atoms with Crippen molar-refractivity contribution in [3.8, 4) is 11.5 Å². The van der Waals surface area contributed by atoms with Crippen molar-refractivity contribution in [3.05, 3.63) is 43.7 Å². The van der Waals surface area contributed by atoms with E-state index < -0.39 is 0 Å². The van der Waals surface area contributed by atoms with Crippen molar-refractivity contribution in [1.82, 2.24) is 0 Å². The van der Waals surface area contributed by atoms with Gasteiger partial charge in [0.15, 0.2) is 0 Å². The van der Waals surface area contributed by atoms with E-state index in [2.05, 4.69) is 34.0 Å². The van der Waals surface area contributed by atoms with Gasteiger partial charge in [-0.15, -0.1) is 22.9 Å². The first kappa shape index (κ1) is 14.0. The second-order valence-electron chi connectivity index (χ2n) is 3.65. The van der Waals surface area contributed by atoms with Crippen LogP contribution in [0.15, 0.2) is 29.6 Å². The van der Waals surface area contributed by atoms with E-state index in [1.807, 2.05) is 18.2 Å². The maximum Gasteiger partial charge on any atom is 0.124 e. The Morgan fingerprint density at radius 1 is 1.22 bits per heavy atom. The average Bonchev–Trinajstić information content (AvgIpc) is 2.83. The van der Waals surface area contributed by atoms with Crippen LogP contribution in [0, 0.1) is 2.88 Å². The molecule has 0 fully saturated rings. The first-order valence-electron chi connectivity index (χ1n) is 5.25. The van der Waals surface area contributed by atoms with Crippen LogP contribution in [0.3, 0.4) is 0 Å². The van der Waals surface area contributed by atoms with Gasteiger partial charge in [-0.3, -0.25) is 0 Å². The summed E-state index contributed by atoms with van der Waals surface area (Å²) in [5.74, 6) is 1.55. The molecule has 18 heavy (non-hydrogen) atoms. The van der Waals surface area contributed by atoms with Crippen LogP contribution in [0.25, 0.3) is 0 Å². The van der Waals surface area contributed by atoms with E-state index >= 15 is 0 Å². The van der Waals surface area contributed by atoms with Crippen LogP contribution in [0.4, 0.5) is 0 Å². The Morgan fingerprint density at radius 2 is 2.00 bits per heavy atom. The predicted octanol–water partition coefficient (Wildman–Crippen LogP) is 4.70. The van der Waals surface area contributed by atoms with Crippen molar-refractivity contribution in [1.29, 1.82) is 0 Å². The van der Waals surface area contributed by atoms with Crippen molar-refractivity contribution >= 4 is 45.5 Å². The van der Waals surface area contributed by atoms with E-state index in [0.717, 1.165) is 22.6 Å². The molecule has 1 heterocycles. The lowest BCUT2D eigenvalue weighted by molar-refractivity contribution is 0.399. The van der Waals surface area contributed by atoms with Crippen molar-refractivity contribution in [3.63, 3.8) is 0 Å². The molecular formula is C13H12ClIO2S. The van der Waals surface area contributed by atoms with Gasteiger partial charge in [-0.1, -0.05) is 0 Å². The number of hydrogen-bond acceptors (Lipinski definition) is 3. The molecule has 0 aliphatic heterocycles. The van der Waals surface area contributed by atoms with E-state index in [9.17, 15) is 0 Å². The molecule has 2 rings (SSSR count). The Bertz CT molecular complexity index is 542. The summed E-state index contributed by atoms with van der Waals surface area (Å²) in [5.41, 5.74) is 2.00. The third-order valence-corrected chi connectivity index (χ3v) is 4.88. The lowest BCUT2D eigenvalue weighted by Crippen LogP contribution is -1.97. The van der Waals surface area contributed by atoms with Gasteiger partial charge in [0.25, 0.3) is 0 Å². The second-order valence-corrected chi connectivity index (χ2v) is 6.90. The van der Waals surface area contributed by atoms with Crippen molar-refractivity contribution < 1.29 is 9.47 Å². The summed E-state index contributed by atoms with van der Waals surface area (Å²) in [4.78, 5) is 0. The minimum absolute atomic E-state index is 0.227. The summed E-state index contributed by atoms with van der Waals surface area (Å²) in [6.07, 6.45) is 0. The highest BCUT2D eigenvalue weighted by Gasteiger charge is 2.17. The first-order chi connectivity index (χ1) is 8.65.